The van der Waals surface area contributed by atoms with Gasteiger partial charge in [-0.1, -0.05) is 0 Å². The van der Waals surface area contributed by atoms with Crippen LogP contribution in [0.4, 0.5) is 5.95 Å². The first kappa shape index (κ1) is 15.4. The van der Waals surface area contributed by atoms with E-state index in [1.165, 1.54) is 10.9 Å². The molecule has 4 atom stereocenters. The van der Waals surface area contributed by atoms with Gasteiger partial charge in [-0.15, -0.1) is 0 Å². The highest BCUT2D eigenvalue weighted by Gasteiger charge is 2.62. The van der Waals surface area contributed by atoms with Crippen molar-refractivity contribution in [3.05, 3.63) is 16.7 Å². The summed E-state index contributed by atoms with van der Waals surface area (Å²) in [5.74, 6) is -2.35. The van der Waals surface area contributed by atoms with Crippen molar-refractivity contribution in [1.29, 1.82) is 0 Å². The second kappa shape index (κ2) is 5.01. The number of aliphatic carboxylic acids is 1. The van der Waals surface area contributed by atoms with Gasteiger partial charge in [0.2, 0.25) is 5.95 Å². The average molecular weight is 325 g/mol. The van der Waals surface area contributed by atoms with Crippen LogP contribution < -0.4 is 11.3 Å². The number of hydrogen-bond donors (Lipinski definition) is 6. The van der Waals surface area contributed by atoms with Crippen LogP contribution in [0.15, 0.2) is 11.1 Å². The Balaban J connectivity index is 2.10. The average Bonchev–Trinajstić information content (AvgIpc) is 2.89. The van der Waals surface area contributed by atoms with Gasteiger partial charge in [-0.3, -0.25) is 14.6 Å². The number of anilines is 1. The molecule has 11 nitrogen and oxygen atoms in total. The summed E-state index contributed by atoms with van der Waals surface area (Å²) in [5.41, 5.74) is 2.99. The first-order valence-electron chi connectivity index (χ1n) is 6.75. The molecule has 124 valence electrons. The number of aliphatic hydroxyl groups is 3. The topological polar surface area (TPSA) is 188 Å². The van der Waals surface area contributed by atoms with Crippen LogP contribution in [-0.2, 0) is 4.79 Å². The number of rotatable bonds is 4. The Bertz CT molecular complexity index is 831. The van der Waals surface area contributed by atoms with Gasteiger partial charge < -0.3 is 30.7 Å². The van der Waals surface area contributed by atoms with Crippen LogP contribution in [0, 0.1) is 5.92 Å². The Kier molecular flexibility index (Phi) is 3.35. The van der Waals surface area contributed by atoms with E-state index in [4.69, 9.17) is 10.8 Å². The number of nitrogen functional groups attached to an aromatic ring is 1. The molecule has 11 heteroatoms. The zero-order chi connectivity index (χ0) is 16.9. The third kappa shape index (κ3) is 2.09. The first-order chi connectivity index (χ1) is 10.8. The van der Waals surface area contributed by atoms with Crippen molar-refractivity contribution in [1.82, 2.24) is 19.5 Å². The number of carboxylic acids is 1. The van der Waals surface area contributed by atoms with Gasteiger partial charge in [0.05, 0.1) is 25.4 Å². The van der Waals surface area contributed by atoms with E-state index in [9.17, 15) is 24.9 Å². The summed E-state index contributed by atoms with van der Waals surface area (Å²) >= 11 is 0. The number of aromatic amines is 1. The fourth-order valence-electron chi connectivity index (χ4n) is 3.12. The maximum absolute atomic E-state index is 11.8. The van der Waals surface area contributed by atoms with Gasteiger partial charge in [-0.25, -0.2) is 4.98 Å². The van der Waals surface area contributed by atoms with Crippen LogP contribution in [0.1, 0.15) is 12.5 Å². The maximum atomic E-state index is 11.8. The lowest BCUT2D eigenvalue weighted by Gasteiger charge is -2.54. The molecule has 2 heterocycles. The molecule has 0 spiro atoms. The fraction of sp³-hybridized carbons (Fsp3) is 0.500. The number of hydrogen-bond acceptors (Lipinski definition) is 8. The van der Waals surface area contributed by atoms with Crippen molar-refractivity contribution in [3.8, 4) is 0 Å². The first-order valence-corrected chi connectivity index (χ1v) is 6.75. The molecule has 7 N–H and O–H groups in total. The number of nitrogens with zero attached hydrogens (tertiary/aromatic N) is 3. The quantitative estimate of drug-likeness (QED) is 0.351. The van der Waals surface area contributed by atoms with Crippen molar-refractivity contribution >= 4 is 23.1 Å². The summed E-state index contributed by atoms with van der Waals surface area (Å²) in [4.78, 5) is 32.9. The number of carbonyl (C=O) groups is 1. The zero-order valence-electron chi connectivity index (χ0n) is 11.7. The normalized spacial score (nSPS) is 30.3. The molecule has 1 aliphatic carbocycles. The molecule has 0 radical (unpaired) electrons. The summed E-state index contributed by atoms with van der Waals surface area (Å²) in [5, 5.41) is 38.7. The maximum Gasteiger partial charge on any atom is 0.303 e. The minimum atomic E-state index is -1.95. The van der Waals surface area contributed by atoms with E-state index < -0.39 is 48.2 Å². The lowest BCUT2D eigenvalue weighted by Crippen LogP contribution is -2.68. The van der Waals surface area contributed by atoms with E-state index >= 15 is 0 Å². The molecule has 1 aliphatic rings. The van der Waals surface area contributed by atoms with Crippen molar-refractivity contribution in [2.24, 2.45) is 5.92 Å². The Labute approximate surface area is 128 Å². The number of carboxylic acid groups (broad SMARTS) is 1. The van der Waals surface area contributed by atoms with Gasteiger partial charge in [0, 0.05) is 5.92 Å². The molecular formula is C12H15N5O6. The van der Waals surface area contributed by atoms with Crippen LogP contribution in [0.25, 0.3) is 11.2 Å². The van der Waals surface area contributed by atoms with Crippen LogP contribution in [0.3, 0.4) is 0 Å². The Hall–Kier alpha value is -2.50. The number of fused-ring (bicyclic) bond motifs is 1. The number of nitrogens with one attached hydrogen (secondary N) is 1. The third-order valence-electron chi connectivity index (χ3n) is 4.31. The highest BCUT2D eigenvalue weighted by molar-refractivity contribution is 5.71. The predicted molar refractivity (Wildman–Crippen MR) is 75.4 cm³/mol. The molecule has 0 saturated heterocycles. The van der Waals surface area contributed by atoms with Crippen LogP contribution in [0.2, 0.25) is 0 Å². The summed E-state index contributed by atoms with van der Waals surface area (Å²) < 4.78 is 1.29. The molecule has 3 rings (SSSR count). The van der Waals surface area contributed by atoms with Gasteiger partial charge in [0.15, 0.2) is 11.2 Å². The van der Waals surface area contributed by atoms with Crippen LogP contribution in [0.5, 0.6) is 0 Å². The molecule has 2 aromatic heterocycles. The highest BCUT2D eigenvalue weighted by Crippen LogP contribution is 2.49. The van der Waals surface area contributed by atoms with Gasteiger partial charge in [0.25, 0.3) is 5.56 Å². The Morgan fingerprint density at radius 3 is 2.83 bits per heavy atom. The number of imidazole rings is 1. The Morgan fingerprint density at radius 2 is 2.22 bits per heavy atom. The lowest BCUT2D eigenvalue weighted by atomic mass is 9.61. The number of H-pyrrole nitrogens is 1. The predicted octanol–water partition coefficient (Wildman–Crippen LogP) is -2.57. The molecule has 4 unspecified atom stereocenters. The van der Waals surface area contributed by atoms with E-state index in [0.29, 0.717) is 0 Å². The molecular weight excluding hydrogens is 310 g/mol. The molecule has 23 heavy (non-hydrogen) atoms. The number of aliphatic hydroxyl groups excluding tert-OH is 2. The molecule has 0 aliphatic heterocycles. The van der Waals surface area contributed by atoms with Gasteiger partial charge in [-0.2, -0.15) is 4.98 Å². The Morgan fingerprint density at radius 1 is 1.52 bits per heavy atom. The van der Waals surface area contributed by atoms with E-state index in [1.54, 1.807) is 0 Å². The fourth-order valence-corrected chi connectivity index (χ4v) is 3.12. The minimum absolute atomic E-state index is 0.0279. The van der Waals surface area contributed by atoms with Crippen molar-refractivity contribution < 1.29 is 25.2 Å². The van der Waals surface area contributed by atoms with Gasteiger partial charge in [-0.05, 0) is 0 Å². The third-order valence-corrected chi connectivity index (χ3v) is 4.31. The van der Waals surface area contributed by atoms with Crippen molar-refractivity contribution in [2.45, 2.75) is 24.2 Å². The zero-order valence-corrected chi connectivity index (χ0v) is 11.7. The molecule has 2 aromatic rings. The van der Waals surface area contributed by atoms with Crippen LogP contribution in [-0.4, -0.2) is 64.2 Å². The summed E-state index contributed by atoms with van der Waals surface area (Å²) in [6, 6.07) is -0.915. The van der Waals surface area contributed by atoms with Crippen molar-refractivity contribution in [2.75, 3.05) is 12.3 Å². The van der Waals surface area contributed by atoms with Gasteiger partial charge >= 0.3 is 5.97 Å². The SMILES string of the molecule is Nc1nc2c(ncn2C2C(O)C(O)(CO)C2CC(=O)O)c(=O)[nH]1. The molecule has 0 bridgehead atoms. The van der Waals surface area contributed by atoms with E-state index in [2.05, 4.69) is 15.0 Å². The molecule has 1 saturated carbocycles. The number of nitrogens with two attached hydrogens (primary N) is 1. The second-order valence-electron chi connectivity index (χ2n) is 5.56. The lowest BCUT2D eigenvalue weighted by molar-refractivity contribution is -0.244. The summed E-state index contributed by atoms with van der Waals surface area (Å²) in [6.07, 6.45) is -0.722. The number of aromatic nitrogens is 4. The smallest absolute Gasteiger partial charge is 0.303 e. The molecule has 1 fully saturated rings. The highest BCUT2D eigenvalue weighted by atomic mass is 16.4. The second-order valence-corrected chi connectivity index (χ2v) is 5.56. The van der Waals surface area contributed by atoms with E-state index in [-0.39, 0.29) is 17.1 Å². The monoisotopic (exact) mass is 325 g/mol. The molecule has 0 aromatic carbocycles. The van der Waals surface area contributed by atoms with E-state index in [1.807, 2.05) is 0 Å². The van der Waals surface area contributed by atoms with Gasteiger partial charge in [0.1, 0.15) is 11.7 Å². The van der Waals surface area contributed by atoms with Crippen LogP contribution >= 0.6 is 0 Å². The molecule has 0 amide bonds. The largest absolute Gasteiger partial charge is 0.481 e. The van der Waals surface area contributed by atoms with Crippen molar-refractivity contribution in [3.63, 3.8) is 0 Å². The van der Waals surface area contributed by atoms with E-state index in [0.717, 1.165) is 0 Å². The summed E-state index contributed by atoms with van der Waals surface area (Å²) in [7, 11) is 0. The standard InChI is InChI=1S/C12H15N5O6/c13-11-15-9-6(10(22)16-11)14-3-17(9)7-4(1-5(19)20)12(23,2-18)8(7)21/h3-4,7-8,18,21,23H,1-2H2,(H,19,20)(H3,13,15,16,22). The minimum Gasteiger partial charge on any atom is -0.481 e. The summed E-state index contributed by atoms with van der Waals surface area (Å²) in [6.45, 7) is -0.800.